The first-order valence-corrected chi connectivity index (χ1v) is 9.40. The summed E-state index contributed by atoms with van der Waals surface area (Å²) in [7, 11) is 0. The Bertz CT molecular complexity index is 639. The minimum atomic E-state index is 0.0203. The molecule has 1 fully saturated rings. The first-order chi connectivity index (χ1) is 11.8. The second-order valence-corrected chi connectivity index (χ2v) is 7.07. The van der Waals surface area contributed by atoms with E-state index in [-0.39, 0.29) is 12.0 Å². The zero-order valence-electron chi connectivity index (χ0n) is 13.7. The highest BCUT2D eigenvalue weighted by atomic mass is 32.2. The van der Waals surface area contributed by atoms with Gasteiger partial charge in [0.2, 0.25) is 5.91 Å². The number of aromatic nitrogens is 2. The van der Waals surface area contributed by atoms with E-state index in [0.717, 1.165) is 37.4 Å². The summed E-state index contributed by atoms with van der Waals surface area (Å²) >= 11 is 1.69. The predicted molar refractivity (Wildman–Crippen MR) is 96.2 cm³/mol. The molecule has 1 amide bonds. The molecule has 5 nitrogen and oxygen atoms in total. The van der Waals surface area contributed by atoms with Gasteiger partial charge in [0.1, 0.15) is 0 Å². The third kappa shape index (κ3) is 5.39. The lowest BCUT2D eigenvalue weighted by Gasteiger charge is -2.22. The number of carbonyl (C=O) groups is 1. The molecule has 0 aliphatic carbocycles. The topological polar surface area (TPSA) is 56.2 Å². The molecule has 2 aromatic rings. The number of hydrogen-bond donors (Lipinski definition) is 1. The number of anilines is 1. The summed E-state index contributed by atoms with van der Waals surface area (Å²) in [5.41, 5.74) is 0.750. The molecule has 0 spiro atoms. The summed E-state index contributed by atoms with van der Waals surface area (Å²) in [6.45, 7) is 1.59. The van der Waals surface area contributed by atoms with Crippen molar-refractivity contribution in [2.75, 3.05) is 17.7 Å². The molecule has 1 N–H and O–H groups in total. The molecule has 1 atom stereocenters. The molecular formula is C18H23N3O2S. The van der Waals surface area contributed by atoms with Crippen LogP contribution in [0.1, 0.15) is 25.7 Å². The molecule has 2 heterocycles. The molecule has 6 heteroatoms. The van der Waals surface area contributed by atoms with Crippen LogP contribution in [0.3, 0.4) is 0 Å². The lowest BCUT2D eigenvalue weighted by atomic mass is 10.1. The summed E-state index contributed by atoms with van der Waals surface area (Å²) in [6, 6.07) is 10.1. The zero-order chi connectivity index (χ0) is 16.6. The molecule has 1 saturated heterocycles. The van der Waals surface area contributed by atoms with Gasteiger partial charge in [0, 0.05) is 29.9 Å². The molecule has 128 valence electrons. The third-order valence-corrected chi connectivity index (χ3v) is 4.94. The zero-order valence-corrected chi connectivity index (χ0v) is 14.5. The number of thioether (sulfide) groups is 1. The molecule has 0 bridgehead atoms. The van der Waals surface area contributed by atoms with Crippen molar-refractivity contribution in [3.05, 3.63) is 42.7 Å². The fraction of sp³-hybridized carbons (Fsp3) is 0.444. The molecule has 1 aliphatic heterocycles. The monoisotopic (exact) mass is 345 g/mol. The number of hydrogen-bond acceptors (Lipinski definition) is 4. The first-order valence-electron chi connectivity index (χ1n) is 8.41. The van der Waals surface area contributed by atoms with E-state index < -0.39 is 0 Å². The molecule has 0 saturated carbocycles. The Morgan fingerprint density at radius 3 is 3.00 bits per heavy atom. The predicted octanol–water partition coefficient (Wildman–Crippen LogP) is 3.57. The Morgan fingerprint density at radius 1 is 1.33 bits per heavy atom. The van der Waals surface area contributed by atoms with Crippen molar-refractivity contribution in [1.82, 2.24) is 9.78 Å². The number of amides is 1. The molecule has 3 rings (SSSR count). The van der Waals surface area contributed by atoms with Crippen LogP contribution in [0.25, 0.3) is 0 Å². The van der Waals surface area contributed by atoms with E-state index in [4.69, 9.17) is 4.74 Å². The van der Waals surface area contributed by atoms with Crippen molar-refractivity contribution in [3.8, 4) is 0 Å². The van der Waals surface area contributed by atoms with Gasteiger partial charge < -0.3 is 10.1 Å². The molecule has 1 aromatic carbocycles. The summed E-state index contributed by atoms with van der Waals surface area (Å²) in [4.78, 5) is 13.2. The maximum atomic E-state index is 12.0. The Balaban J connectivity index is 1.40. The van der Waals surface area contributed by atoms with Crippen LogP contribution in [-0.4, -0.2) is 34.2 Å². The lowest BCUT2D eigenvalue weighted by Crippen LogP contribution is -2.24. The average Bonchev–Trinajstić information content (AvgIpc) is 3.03. The number of rotatable bonds is 7. The Kier molecular flexibility index (Phi) is 6.32. The fourth-order valence-electron chi connectivity index (χ4n) is 2.69. The number of nitrogens with zero attached hydrogens (tertiary/aromatic N) is 2. The van der Waals surface area contributed by atoms with Crippen LogP contribution in [0.2, 0.25) is 0 Å². The standard InChI is InChI=1S/C18H23N3O2S/c22-18(9-11-24-17-7-2-1-3-8-17)20-15-12-19-21(13-15)14-16-6-4-5-10-23-16/h1-3,7-8,12-13,16H,4-6,9-11,14H2,(H,20,22). The minimum Gasteiger partial charge on any atom is -0.376 e. The van der Waals surface area contributed by atoms with E-state index in [0.29, 0.717) is 6.42 Å². The fourth-order valence-corrected chi connectivity index (χ4v) is 3.56. The second kappa shape index (κ2) is 8.89. The van der Waals surface area contributed by atoms with E-state index in [1.54, 1.807) is 18.0 Å². The Labute approximate surface area is 146 Å². The molecule has 0 radical (unpaired) electrons. The van der Waals surface area contributed by atoms with Crippen molar-refractivity contribution in [2.24, 2.45) is 0 Å². The molecule has 24 heavy (non-hydrogen) atoms. The van der Waals surface area contributed by atoms with Gasteiger partial charge in [-0.05, 0) is 31.4 Å². The second-order valence-electron chi connectivity index (χ2n) is 5.90. The minimum absolute atomic E-state index is 0.0203. The number of ether oxygens (including phenoxy) is 1. The van der Waals surface area contributed by atoms with Crippen LogP contribution in [0, 0.1) is 0 Å². The van der Waals surface area contributed by atoms with E-state index in [9.17, 15) is 4.79 Å². The number of benzene rings is 1. The van der Waals surface area contributed by atoms with E-state index in [1.807, 2.05) is 29.1 Å². The average molecular weight is 345 g/mol. The maximum Gasteiger partial charge on any atom is 0.225 e. The van der Waals surface area contributed by atoms with Crippen molar-refractivity contribution < 1.29 is 9.53 Å². The van der Waals surface area contributed by atoms with Crippen LogP contribution in [0.4, 0.5) is 5.69 Å². The van der Waals surface area contributed by atoms with E-state index >= 15 is 0 Å². The van der Waals surface area contributed by atoms with Crippen LogP contribution >= 0.6 is 11.8 Å². The normalized spacial score (nSPS) is 17.6. The van der Waals surface area contributed by atoms with Crippen molar-refractivity contribution in [2.45, 2.75) is 43.2 Å². The highest BCUT2D eigenvalue weighted by Crippen LogP contribution is 2.18. The molecule has 1 unspecified atom stereocenters. The lowest BCUT2D eigenvalue weighted by molar-refractivity contribution is -0.115. The van der Waals surface area contributed by atoms with Gasteiger partial charge in [-0.2, -0.15) is 5.10 Å². The summed E-state index contributed by atoms with van der Waals surface area (Å²) in [5.74, 6) is 0.784. The van der Waals surface area contributed by atoms with Gasteiger partial charge in [-0.1, -0.05) is 18.2 Å². The quantitative estimate of drug-likeness (QED) is 0.780. The first kappa shape index (κ1) is 17.0. The number of carbonyl (C=O) groups excluding carboxylic acids is 1. The Hall–Kier alpha value is -1.79. The van der Waals surface area contributed by atoms with Crippen LogP contribution < -0.4 is 5.32 Å². The van der Waals surface area contributed by atoms with Gasteiger partial charge in [0.25, 0.3) is 0 Å². The van der Waals surface area contributed by atoms with Crippen LogP contribution in [-0.2, 0) is 16.1 Å². The maximum absolute atomic E-state index is 12.0. The molecule has 1 aliphatic rings. The van der Waals surface area contributed by atoms with Crippen LogP contribution in [0.5, 0.6) is 0 Å². The van der Waals surface area contributed by atoms with Crippen molar-refractivity contribution in [3.63, 3.8) is 0 Å². The summed E-state index contributed by atoms with van der Waals surface area (Å²) < 4.78 is 7.57. The molecular weight excluding hydrogens is 322 g/mol. The van der Waals surface area contributed by atoms with Gasteiger partial charge in [-0.15, -0.1) is 11.8 Å². The van der Waals surface area contributed by atoms with Crippen molar-refractivity contribution in [1.29, 1.82) is 0 Å². The van der Waals surface area contributed by atoms with Gasteiger partial charge in [0.15, 0.2) is 0 Å². The van der Waals surface area contributed by atoms with Crippen molar-refractivity contribution >= 4 is 23.4 Å². The smallest absolute Gasteiger partial charge is 0.225 e. The van der Waals surface area contributed by atoms with Crippen LogP contribution in [0.15, 0.2) is 47.6 Å². The Morgan fingerprint density at radius 2 is 2.21 bits per heavy atom. The highest BCUT2D eigenvalue weighted by molar-refractivity contribution is 7.99. The molecule has 1 aromatic heterocycles. The van der Waals surface area contributed by atoms with Gasteiger partial charge in [0.05, 0.1) is 24.5 Å². The van der Waals surface area contributed by atoms with Gasteiger partial charge >= 0.3 is 0 Å². The van der Waals surface area contributed by atoms with Gasteiger partial charge in [-0.25, -0.2) is 0 Å². The largest absolute Gasteiger partial charge is 0.376 e. The highest BCUT2D eigenvalue weighted by Gasteiger charge is 2.15. The summed E-state index contributed by atoms with van der Waals surface area (Å²) in [6.07, 6.45) is 7.75. The third-order valence-electron chi connectivity index (χ3n) is 3.92. The van der Waals surface area contributed by atoms with E-state index in [2.05, 4.69) is 22.5 Å². The van der Waals surface area contributed by atoms with Gasteiger partial charge in [-0.3, -0.25) is 9.48 Å². The number of nitrogens with one attached hydrogen (secondary N) is 1. The van der Waals surface area contributed by atoms with E-state index in [1.165, 1.54) is 11.3 Å². The summed E-state index contributed by atoms with van der Waals surface area (Å²) in [5, 5.41) is 7.22. The SMILES string of the molecule is O=C(CCSc1ccccc1)Nc1cnn(CC2CCCCO2)c1.